The van der Waals surface area contributed by atoms with Gasteiger partial charge in [0.2, 0.25) is 10.0 Å². The van der Waals surface area contributed by atoms with E-state index < -0.39 is 10.0 Å². The van der Waals surface area contributed by atoms with Crippen molar-refractivity contribution in [3.63, 3.8) is 0 Å². The molecule has 2 aromatic heterocycles. The summed E-state index contributed by atoms with van der Waals surface area (Å²) in [7, 11) is -3.14. The Balaban J connectivity index is 1.86. The molecule has 0 aliphatic carbocycles. The fourth-order valence-corrected chi connectivity index (χ4v) is 3.83. The van der Waals surface area contributed by atoms with Gasteiger partial charge in [-0.25, -0.2) is 18.1 Å². The number of pyridine rings is 1. The van der Waals surface area contributed by atoms with E-state index in [1.165, 1.54) is 11.3 Å². The smallest absolute Gasteiger partial charge is 0.211 e. The number of sulfonamides is 1. The average Bonchev–Trinajstić information content (AvgIpc) is 2.95. The Morgan fingerprint density at radius 2 is 2.24 bits per heavy atom. The van der Waals surface area contributed by atoms with Crippen molar-refractivity contribution < 1.29 is 8.42 Å². The van der Waals surface area contributed by atoms with Crippen molar-refractivity contribution in [2.24, 2.45) is 0 Å². The Morgan fingerprint density at radius 3 is 2.95 bits per heavy atom. The monoisotopic (exact) mass is 325 g/mol. The van der Waals surface area contributed by atoms with Crippen LogP contribution in [0.1, 0.15) is 24.8 Å². The van der Waals surface area contributed by atoms with Crippen LogP contribution in [0, 0.1) is 0 Å². The lowest BCUT2D eigenvalue weighted by molar-refractivity contribution is 0.578. The SMILES string of the molecule is CCCCS(=O)(=O)NCCc1nc(-c2cccnc2)cs1. The molecule has 0 fully saturated rings. The van der Waals surface area contributed by atoms with Crippen LogP contribution in [0.5, 0.6) is 0 Å². The van der Waals surface area contributed by atoms with Crippen molar-refractivity contribution >= 4 is 21.4 Å². The number of hydrogen-bond acceptors (Lipinski definition) is 5. The van der Waals surface area contributed by atoms with E-state index in [0.717, 1.165) is 22.7 Å². The third kappa shape index (κ3) is 5.18. The number of rotatable bonds is 8. The van der Waals surface area contributed by atoms with Crippen LogP contribution in [0.15, 0.2) is 29.9 Å². The minimum atomic E-state index is -3.14. The second-order valence-corrected chi connectivity index (χ2v) is 7.55. The molecule has 0 spiro atoms. The Hall–Kier alpha value is -1.31. The Morgan fingerprint density at radius 1 is 1.38 bits per heavy atom. The summed E-state index contributed by atoms with van der Waals surface area (Å²) >= 11 is 1.54. The molecule has 7 heteroatoms. The highest BCUT2D eigenvalue weighted by Crippen LogP contribution is 2.20. The summed E-state index contributed by atoms with van der Waals surface area (Å²) in [5, 5.41) is 2.89. The maximum atomic E-state index is 11.7. The fraction of sp³-hybridized carbons (Fsp3) is 0.429. The number of unbranched alkanes of at least 4 members (excludes halogenated alkanes) is 1. The highest BCUT2D eigenvalue weighted by atomic mass is 32.2. The molecule has 0 atom stereocenters. The first-order valence-electron chi connectivity index (χ1n) is 6.93. The summed E-state index contributed by atoms with van der Waals surface area (Å²) < 4.78 is 26.0. The Bertz CT molecular complexity index is 654. The van der Waals surface area contributed by atoms with Crippen LogP contribution >= 0.6 is 11.3 Å². The predicted octanol–water partition coefficient (Wildman–Crippen LogP) is 2.47. The number of nitrogens with zero attached hydrogens (tertiary/aromatic N) is 2. The molecule has 2 aromatic rings. The van der Waals surface area contributed by atoms with E-state index in [1.807, 2.05) is 24.4 Å². The maximum absolute atomic E-state index is 11.7. The molecule has 5 nitrogen and oxygen atoms in total. The van der Waals surface area contributed by atoms with Gasteiger partial charge in [0.05, 0.1) is 16.5 Å². The van der Waals surface area contributed by atoms with Gasteiger partial charge in [-0.15, -0.1) is 11.3 Å². The van der Waals surface area contributed by atoms with Crippen LogP contribution in [-0.4, -0.2) is 30.7 Å². The lowest BCUT2D eigenvalue weighted by atomic mass is 10.2. The normalized spacial score (nSPS) is 11.7. The second-order valence-electron chi connectivity index (χ2n) is 4.68. The summed E-state index contributed by atoms with van der Waals surface area (Å²) in [4.78, 5) is 8.57. The molecular formula is C14H19N3O2S2. The summed E-state index contributed by atoms with van der Waals surface area (Å²) in [6, 6.07) is 3.83. The van der Waals surface area contributed by atoms with Crippen LogP contribution in [0.4, 0.5) is 0 Å². The third-order valence-corrected chi connectivity index (χ3v) is 5.32. The summed E-state index contributed by atoms with van der Waals surface area (Å²) in [5.41, 5.74) is 1.86. The molecule has 21 heavy (non-hydrogen) atoms. The van der Waals surface area contributed by atoms with Gasteiger partial charge in [0.1, 0.15) is 0 Å². The Labute approximate surface area is 129 Å². The molecule has 0 aromatic carbocycles. The largest absolute Gasteiger partial charge is 0.264 e. The topological polar surface area (TPSA) is 72.0 Å². The van der Waals surface area contributed by atoms with E-state index in [0.29, 0.717) is 19.4 Å². The van der Waals surface area contributed by atoms with E-state index in [4.69, 9.17) is 0 Å². The zero-order valence-electron chi connectivity index (χ0n) is 11.9. The van der Waals surface area contributed by atoms with Crippen LogP contribution in [-0.2, 0) is 16.4 Å². The molecule has 0 amide bonds. The zero-order valence-corrected chi connectivity index (χ0v) is 13.6. The van der Waals surface area contributed by atoms with E-state index in [-0.39, 0.29) is 5.75 Å². The zero-order chi connectivity index (χ0) is 15.1. The maximum Gasteiger partial charge on any atom is 0.211 e. The van der Waals surface area contributed by atoms with E-state index in [9.17, 15) is 8.42 Å². The average molecular weight is 325 g/mol. The number of thiazole rings is 1. The molecule has 0 saturated heterocycles. The highest BCUT2D eigenvalue weighted by Gasteiger charge is 2.10. The van der Waals surface area contributed by atoms with Crippen LogP contribution in [0.3, 0.4) is 0 Å². The van der Waals surface area contributed by atoms with Gasteiger partial charge in [-0.2, -0.15) is 0 Å². The second kappa shape index (κ2) is 7.63. The lowest BCUT2D eigenvalue weighted by Gasteiger charge is -2.04. The quantitative estimate of drug-likeness (QED) is 0.809. The van der Waals surface area contributed by atoms with Gasteiger partial charge in [-0.1, -0.05) is 13.3 Å². The molecule has 0 radical (unpaired) electrons. The van der Waals surface area contributed by atoms with E-state index in [2.05, 4.69) is 14.7 Å². The molecule has 1 N–H and O–H groups in total. The van der Waals surface area contributed by atoms with Crippen molar-refractivity contribution in [2.45, 2.75) is 26.2 Å². The van der Waals surface area contributed by atoms with Gasteiger partial charge in [-0.05, 0) is 18.6 Å². The minimum Gasteiger partial charge on any atom is -0.264 e. The highest BCUT2D eigenvalue weighted by molar-refractivity contribution is 7.89. The van der Waals surface area contributed by atoms with Crippen molar-refractivity contribution in [1.82, 2.24) is 14.7 Å². The van der Waals surface area contributed by atoms with Crippen molar-refractivity contribution in [2.75, 3.05) is 12.3 Å². The van der Waals surface area contributed by atoms with Crippen molar-refractivity contribution in [1.29, 1.82) is 0 Å². The van der Waals surface area contributed by atoms with Gasteiger partial charge in [0.25, 0.3) is 0 Å². The Kier molecular flexibility index (Phi) is 5.84. The molecule has 2 rings (SSSR count). The third-order valence-electron chi connectivity index (χ3n) is 2.94. The van der Waals surface area contributed by atoms with Gasteiger partial charge in [-0.3, -0.25) is 4.98 Å². The number of nitrogens with one attached hydrogen (secondary N) is 1. The summed E-state index contributed by atoms with van der Waals surface area (Å²) in [6.07, 6.45) is 5.67. The fourth-order valence-electron chi connectivity index (χ4n) is 1.79. The first-order valence-corrected chi connectivity index (χ1v) is 9.46. The van der Waals surface area contributed by atoms with Crippen LogP contribution in [0.2, 0.25) is 0 Å². The molecule has 0 saturated carbocycles. The molecule has 0 bridgehead atoms. The number of hydrogen-bond donors (Lipinski definition) is 1. The van der Waals surface area contributed by atoms with Crippen molar-refractivity contribution in [3.8, 4) is 11.3 Å². The molecule has 2 heterocycles. The first kappa shape index (κ1) is 16.1. The lowest BCUT2D eigenvalue weighted by Crippen LogP contribution is -2.28. The van der Waals surface area contributed by atoms with E-state index >= 15 is 0 Å². The van der Waals surface area contributed by atoms with Crippen LogP contribution in [0.25, 0.3) is 11.3 Å². The van der Waals surface area contributed by atoms with Gasteiger partial charge >= 0.3 is 0 Å². The molecular weight excluding hydrogens is 306 g/mol. The molecule has 114 valence electrons. The molecule has 0 aliphatic heterocycles. The van der Waals surface area contributed by atoms with Crippen LogP contribution < -0.4 is 4.72 Å². The minimum absolute atomic E-state index is 0.197. The summed E-state index contributed by atoms with van der Waals surface area (Å²) in [6.45, 7) is 2.37. The summed E-state index contributed by atoms with van der Waals surface area (Å²) in [5.74, 6) is 0.197. The first-order chi connectivity index (χ1) is 10.1. The van der Waals surface area contributed by atoms with Gasteiger partial charge < -0.3 is 0 Å². The molecule has 0 aliphatic rings. The van der Waals surface area contributed by atoms with Gasteiger partial charge in [0.15, 0.2) is 0 Å². The van der Waals surface area contributed by atoms with Gasteiger partial charge in [0, 0.05) is 36.3 Å². The molecule has 0 unspecified atom stereocenters. The predicted molar refractivity (Wildman–Crippen MR) is 85.7 cm³/mol. The van der Waals surface area contributed by atoms with Crippen molar-refractivity contribution in [3.05, 3.63) is 34.9 Å². The number of aromatic nitrogens is 2. The standard InChI is InChI=1S/C14H19N3O2S2/c1-2-3-9-21(18,19)16-8-6-14-17-13(11-20-14)12-5-4-7-15-10-12/h4-5,7,10-11,16H,2-3,6,8-9H2,1H3. The van der Waals surface area contributed by atoms with E-state index in [1.54, 1.807) is 12.4 Å².